The fourth-order valence-corrected chi connectivity index (χ4v) is 3.60. The van der Waals surface area contributed by atoms with Gasteiger partial charge >= 0.3 is 0 Å². The number of aryl methyl sites for hydroxylation is 2. The average Bonchev–Trinajstić information content (AvgIpc) is 2.87. The fraction of sp³-hybridized carbons (Fsp3) is 0.412. The summed E-state index contributed by atoms with van der Waals surface area (Å²) in [6, 6.07) is 8.46. The van der Waals surface area contributed by atoms with Crippen LogP contribution in [-0.2, 0) is 19.4 Å². The van der Waals surface area contributed by atoms with Crippen LogP contribution in [0.5, 0.6) is 0 Å². The van der Waals surface area contributed by atoms with Crippen LogP contribution in [0.2, 0.25) is 0 Å². The van der Waals surface area contributed by atoms with Gasteiger partial charge in [0.2, 0.25) is 0 Å². The minimum absolute atomic E-state index is 0.0727. The molecule has 0 bridgehead atoms. The van der Waals surface area contributed by atoms with Gasteiger partial charge in [-0.25, -0.2) is 0 Å². The third-order valence-electron chi connectivity index (χ3n) is 4.18. The number of hydrogen-bond donors (Lipinski definition) is 0. The molecular formula is C17H19BrN2O. The molecule has 2 aromatic rings. The van der Waals surface area contributed by atoms with E-state index in [4.69, 9.17) is 0 Å². The van der Waals surface area contributed by atoms with Gasteiger partial charge < -0.3 is 0 Å². The first-order valence-electron chi connectivity index (χ1n) is 7.53. The number of carbonyl (C=O) groups is 1. The second-order valence-electron chi connectivity index (χ2n) is 5.64. The lowest BCUT2D eigenvalue weighted by molar-refractivity contribution is 0.0896. The molecule has 0 spiro atoms. The largest absolute Gasteiger partial charge is 0.292 e. The van der Waals surface area contributed by atoms with Gasteiger partial charge in [-0.2, -0.15) is 5.10 Å². The van der Waals surface area contributed by atoms with E-state index in [1.807, 2.05) is 4.68 Å². The number of fused-ring (bicyclic) bond motifs is 1. The van der Waals surface area contributed by atoms with Gasteiger partial charge in [0.05, 0.1) is 10.7 Å². The maximum absolute atomic E-state index is 12.9. The van der Waals surface area contributed by atoms with Gasteiger partial charge in [0.15, 0.2) is 5.78 Å². The van der Waals surface area contributed by atoms with E-state index in [-0.39, 0.29) is 11.7 Å². The molecule has 3 rings (SSSR count). The lowest BCUT2D eigenvalue weighted by atomic mass is 9.81. The van der Waals surface area contributed by atoms with Crippen molar-refractivity contribution in [1.82, 2.24) is 9.78 Å². The summed E-state index contributed by atoms with van der Waals surface area (Å²) in [6.07, 6.45) is 5.48. The smallest absolute Gasteiger partial charge is 0.185 e. The Morgan fingerprint density at radius 2 is 2.14 bits per heavy atom. The molecule has 0 radical (unpaired) electrons. The minimum atomic E-state index is 0.0727. The molecule has 0 saturated carbocycles. The van der Waals surface area contributed by atoms with E-state index < -0.39 is 0 Å². The molecule has 1 unspecified atom stereocenters. The summed E-state index contributed by atoms with van der Waals surface area (Å²) < 4.78 is 2.66. The first-order valence-corrected chi connectivity index (χ1v) is 8.32. The van der Waals surface area contributed by atoms with Crippen LogP contribution in [0.3, 0.4) is 0 Å². The van der Waals surface area contributed by atoms with Crippen LogP contribution in [-0.4, -0.2) is 15.6 Å². The monoisotopic (exact) mass is 346 g/mol. The van der Waals surface area contributed by atoms with Gasteiger partial charge in [0.25, 0.3) is 0 Å². The number of Topliss-reactive ketones (excluding diaryl/α,β-unsaturated/α-hetero) is 1. The summed E-state index contributed by atoms with van der Waals surface area (Å²) in [6.45, 7) is 2.89. The van der Waals surface area contributed by atoms with Gasteiger partial charge in [-0.1, -0.05) is 31.2 Å². The van der Waals surface area contributed by atoms with Crippen molar-refractivity contribution in [3.05, 3.63) is 51.8 Å². The highest BCUT2D eigenvalue weighted by Gasteiger charge is 2.29. The zero-order valence-corrected chi connectivity index (χ0v) is 13.8. The SMILES string of the molecule is CCCn1ncc(Br)c1C(=O)C1CCc2ccccc2C1. The van der Waals surface area contributed by atoms with Crippen molar-refractivity contribution in [3.63, 3.8) is 0 Å². The zero-order chi connectivity index (χ0) is 14.8. The Labute approximate surface area is 133 Å². The minimum Gasteiger partial charge on any atom is -0.292 e. The standard InChI is InChI=1S/C17H19BrN2O/c1-2-9-20-16(15(18)11-19-20)17(21)14-8-7-12-5-3-4-6-13(12)10-14/h3-6,11,14H,2,7-10H2,1H3. The molecular weight excluding hydrogens is 328 g/mol. The Hall–Kier alpha value is -1.42. The molecule has 1 aliphatic rings. The van der Waals surface area contributed by atoms with Crippen LogP contribution in [0.4, 0.5) is 0 Å². The molecule has 4 heteroatoms. The molecule has 1 aromatic carbocycles. The number of halogens is 1. The summed E-state index contributed by atoms with van der Waals surface area (Å²) in [5.74, 6) is 0.297. The number of carbonyl (C=O) groups excluding carboxylic acids is 1. The molecule has 0 N–H and O–H groups in total. The van der Waals surface area contributed by atoms with E-state index >= 15 is 0 Å². The first-order chi connectivity index (χ1) is 10.2. The third-order valence-corrected chi connectivity index (χ3v) is 4.76. The number of nitrogens with zero attached hydrogens (tertiary/aromatic N) is 2. The second kappa shape index (κ2) is 6.14. The Kier molecular flexibility index (Phi) is 4.24. The van der Waals surface area contributed by atoms with Crippen molar-refractivity contribution in [2.75, 3.05) is 0 Å². The van der Waals surface area contributed by atoms with Gasteiger partial charge in [-0.3, -0.25) is 9.48 Å². The van der Waals surface area contributed by atoms with Gasteiger partial charge in [-0.05, 0) is 52.7 Å². The highest BCUT2D eigenvalue weighted by molar-refractivity contribution is 9.10. The lowest BCUT2D eigenvalue weighted by Gasteiger charge is -2.23. The molecule has 1 heterocycles. The predicted molar refractivity (Wildman–Crippen MR) is 86.5 cm³/mol. The van der Waals surface area contributed by atoms with Crippen molar-refractivity contribution in [1.29, 1.82) is 0 Å². The maximum atomic E-state index is 12.9. The highest BCUT2D eigenvalue weighted by Crippen LogP contribution is 2.30. The molecule has 0 aliphatic heterocycles. The normalized spacial score (nSPS) is 17.5. The molecule has 0 fully saturated rings. The predicted octanol–water partition coefficient (Wildman–Crippen LogP) is 4.04. The van der Waals surface area contributed by atoms with Crippen LogP contribution < -0.4 is 0 Å². The van der Waals surface area contributed by atoms with Crippen LogP contribution in [0, 0.1) is 5.92 Å². The van der Waals surface area contributed by atoms with Gasteiger partial charge in [-0.15, -0.1) is 0 Å². The Morgan fingerprint density at radius 1 is 1.38 bits per heavy atom. The highest BCUT2D eigenvalue weighted by atomic mass is 79.9. The molecule has 21 heavy (non-hydrogen) atoms. The van der Waals surface area contributed by atoms with Crippen molar-refractivity contribution in [3.8, 4) is 0 Å². The lowest BCUT2D eigenvalue weighted by Crippen LogP contribution is -2.25. The molecule has 1 aromatic heterocycles. The van der Waals surface area contributed by atoms with Crippen LogP contribution in [0.1, 0.15) is 41.4 Å². The summed E-state index contributed by atoms with van der Waals surface area (Å²) in [4.78, 5) is 12.9. The van der Waals surface area contributed by atoms with E-state index in [2.05, 4.69) is 52.2 Å². The van der Waals surface area contributed by atoms with E-state index in [1.54, 1.807) is 6.20 Å². The van der Waals surface area contributed by atoms with E-state index in [0.29, 0.717) is 0 Å². The van der Waals surface area contributed by atoms with Crippen molar-refractivity contribution < 1.29 is 4.79 Å². The van der Waals surface area contributed by atoms with E-state index in [1.165, 1.54) is 11.1 Å². The van der Waals surface area contributed by atoms with E-state index in [0.717, 1.165) is 42.4 Å². The fourth-order valence-electron chi connectivity index (χ4n) is 3.10. The molecule has 3 nitrogen and oxygen atoms in total. The van der Waals surface area contributed by atoms with Crippen molar-refractivity contribution in [2.24, 2.45) is 5.92 Å². The van der Waals surface area contributed by atoms with Crippen molar-refractivity contribution in [2.45, 2.75) is 39.2 Å². The molecule has 1 atom stereocenters. The Morgan fingerprint density at radius 3 is 2.90 bits per heavy atom. The third kappa shape index (κ3) is 2.82. The zero-order valence-electron chi connectivity index (χ0n) is 12.2. The van der Waals surface area contributed by atoms with Crippen LogP contribution in [0.15, 0.2) is 34.9 Å². The first kappa shape index (κ1) is 14.5. The van der Waals surface area contributed by atoms with Gasteiger partial charge in [0, 0.05) is 12.5 Å². The molecule has 110 valence electrons. The van der Waals surface area contributed by atoms with E-state index in [9.17, 15) is 4.79 Å². The Bertz CT molecular complexity index is 663. The Balaban J connectivity index is 1.85. The molecule has 0 saturated heterocycles. The van der Waals surface area contributed by atoms with Crippen LogP contribution in [0.25, 0.3) is 0 Å². The molecule has 0 amide bonds. The number of benzene rings is 1. The topological polar surface area (TPSA) is 34.9 Å². The average molecular weight is 347 g/mol. The number of rotatable bonds is 4. The van der Waals surface area contributed by atoms with Crippen LogP contribution >= 0.6 is 15.9 Å². The molecule has 1 aliphatic carbocycles. The van der Waals surface area contributed by atoms with Crippen molar-refractivity contribution >= 4 is 21.7 Å². The summed E-state index contributed by atoms with van der Waals surface area (Å²) >= 11 is 3.48. The van der Waals surface area contributed by atoms with Gasteiger partial charge in [0.1, 0.15) is 5.69 Å². The number of hydrogen-bond acceptors (Lipinski definition) is 2. The summed E-state index contributed by atoms with van der Waals surface area (Å²) in [5.41, 5.74) is 3.45. The summed E-state index contributed by atoms with van der Waals surface area (Å²) in [5, 5.41) is 4.31. The quantitative estimate of drug-likeness (QED) is 0.783. The summed E-state index contributed by atoms with van der Waals surface area (Å²) in [7, 11) is 0. The number of aromatic nitrogens is 2. The maximum Gasteiger partial charge on any atom is 0.185 e. The number of ketones is 1. The second-order valence-corrected chi connectivity index (χ2v) is 6.49.